The van der Waals surface area contributed by atoms with Gasteiger partial charge in [0, 0.05) is 11.8 Å². The lowest BCUT2D eigenvalue weighted by atomic mass is 10.1. The summed E-state index contributed by atoms with van der Waals surface area (Å²) in [5.74, 6) is 6.88. The highest BCUT2D eigenvalue weighted by Crippen LogP contribution is 2.12. The fourth-order valence-electron chi connectivity index (χ4n) is 1.79. The topological polar surface area (TPSA) is 77.2 Å². The van der Waals surface area contributed by atoms with Crippen molar-refractivity contribution in [2.24, 2.45) is 0 Å². The molecule has 2 aromatic rings. The molecule has 0 aromatic carbocycles. The number of hydrogen-bond donors (Lipinski definition) is 1. The van der Waals surface area contributed by atoms with Gasteiger partial charge in [-0.25, -0.2) is 0 Å². The predicted molar refractivity (Wildman–Crippen MR) is 80.2 cm³/mol. The van der Waals surface area contributed by atoms with Crippen LogP contribution in [0.2, 0.25) is 0 Å². The molecule has 6 heteroatoms. The number of pyridine rings is 1. The second-order valence-electron chi connectivity index (χ2n) is 4.59. The molecule has 2 rings (SSSR count). The van der Waals surface area contributed by atoms with E-state index in [1.807, 2.05) is 6.92 Å². The van der Waals surface area contributed by atoms with E-state index < -0.39 is 0 Å². The van der Waals surface area contributed by atoms with E-state index in [0.717, 1.165) is 11.3 Å². The molecule has 0 radical (unpaired) electrons. The van der Waals surface area contributed by atoms with Gasteiger partial charge in [0.15, 0.2) is 0 Å². The maximum absolute atomic E-state index is 11.8. The van der Waals surface area contributed by atoms with Crippen molar-refractivity contribution < 1.29 is 14.1 Å². The fourth-order valence-corrected chi connectivity index (χ4v) is 1.79. The van der Waals surface area contributed by atoms with Gasteiger partial charge < -0.3 is 14.6 Å². The lowest BCUT2D eigenvalue weighted by Gasteiger charge is -2.01. The highest BCUT2D eigenvalue weighted by Gasteiger charge is 2.12. The second-order valence-corrected chi connectivity index (χ2v) is 4.59. The third-order valence-electron chi connectivity index (χ3n) is 2.96. The van der Waals surface area contributed by atoms with Gasteiger partial charge in [-0.05, 0) is 26.0 Å². The highest BCUT2D eigenvalue weighted by molar-refractivity contribution is 5.79. The molecule has 2 heterocycles. The molecule has 0 unspecified atom stereocenters. The standard InChI is InChI=1S/C16H17N3O3/c1-12-15(13(2)22-19-12)10-16(20)18-8-3-4-9-21-14-6-5-7-17-11-14/h5-7,11H,8-10H2,1-2H3,(H,18,20). The summed E-state index contributed by atoms with van der Waals surface area (Å²) in [6.45, 7) is 4.14. The molecule has 0 aliphatic carbocycles. The molecule has 1 amide bonds. The van der Waals surface area contributed by atoms with Crippen molar-refractivity contribution in [2.45, 2.75) is 20.3 Å². The van der Waals surface area contributed by atoms with Crippen LogP contribution < -0.4 is 10.1 Å². The van der Waals surface area contributed by atoms with Gasteiger partial charge in [0.1, 0.15) is 18.1 Å². The van der Waals surface area contributed by atoms with Gasteiger partial charge in [0.25, 0.3) is 0 Å². The molecule has 6 nitrogen and oxygen atoms in total. The molecule has 22 heavy (non-hydrogen) atoms. The van der Waals surface area contributed by atoms with Crippen LogP contribution in [0.1, 0.15) is 17.0 Å². The number of hydrogen-bond acceptors (Lipinski definition) is 5. The molecule has 0 aliphatic heterocycles. The average Bonchev–Trinajstić information content (AvgIpc) is 2.83. The van der Waals surface area contributed by atoms with Crippen LogP contribution in [0.15, 0.2) is 29.0 Å². The molecule has 2 aromatic heterocycles. The lowest BCUT2D eigenvalue weighted by molar-refractivity contribution is -0.120. The molecule has 0 saturated carbocycles. The summed E-state index contributed by atoms with van der Waals surface area (Å²) in [5.41, 5.74) is 1.56. The minimum absolute atomic E-state index is 0.114. The van der Waals surface area contributed by atoms with E-state index in [0.29, 0.717) is 11.5 Å². The van der Waals surface area contributed by atoms with Crippen LogP contribution in [-0.4, -0.2) is 29.2 Å². The Hall–Kier alpha value is -2.81. The summed E-state index contributed by atoms with van der Waals surface area (Å²) >= 11 is 0. The Morgan fingerprint density at radius 2 is 2.27 bits per heavy atom. The molecular weight excluding hydrogens is 282 g/mol. The van der Waals surface area contributed by atoms with Crippen molar-refractivity contribution in [3.63, 3.8) is 0 Å². The van der Waals surface area contributed by atoms with E-state index in [9.17, 15) is 4.79 Å². The number of ether oxygens (including phenoxy) is 1. The molecule has 0 aliphatic rings. The summed E-state index contributed by atoms with van der Waals surface area (Å²) < 4.78 is 10.4. The normalized spacial score (nSPS) is 9.73. The van der Waals surface area contributed by atoms with Crippen molar-refractivity contribution in [1.29, 1.82) is 0 Å². The van der Waals surface area contributed by atoms with Crippen molar-refractivity contribution in [2.75, 3.05) is 13.2 Å². The van der Waals surface area contributed by atoms with Crippen LogP contribution in [0.25, 0.3) is 0 Å². The van der Waals surface area contributed by atoms with Gasteiger partial charge in [-0.1, -0.05) is 17.0 Å². The molecule has 0 fully saturated rings. The van der Waals surface area contributed by atoms with E-state index >= 15 is 0 Å². The second kappa shape index (κ2) is 7.84. The van der Waals surface area contributed by atoms with Crippen LogP contribution in [0.3, 0.4) is 0 Å². The van der Waals surface area contributed by atoms with Crippen LogP contribution in [0, 0.1) is 25.7 Å². The molecule has 114 valence electrons. The first-order chi connectivity index (χ1) is 10.7. The predicted octanol–water partition coefficient (Wildman–Crippen LogP) is 1.43. The summed E-state index contributed by atoms with van der Waals surface area (Å²) in [5, 5.41) is 6.54. The van der Waals surface area contributed by atoms with Gasteiger partial charge in [-0.2, -0.15) is 0 Å². The number of aromatic nitrogens is 2. The molecular formula is C16H17N3O3. The van der Waals surface area contributed by atoms with E-state index in [1.165, 1.54) is 0 Å². The summed E-state index contributed by atoms with van der Waals surface area (Å²) in [6.07, 6.45) is 3.54. The highest BCUT2D eigenvalue weighted by atomic mass is 16.5. The Labute approximate surface area is 128 Å². The monoisotopic (exact) mass is 299 g/mol. The van der Waals surface area contributed by atoms with Gasteiger partial charge >= 0.3 is 0 Å². The third kappa shape index (κ3) is 4.63. The first-order valence-corrected chi connectivity index (χ1v) is 6.84. The molecule has 0 saturated heterocycles. The molecule has 0 bridgehead atoms. The Bertz CT molecular complexity index is 664. The van der Waals surface area contributed by atoms with Crippen LogP contribution >= 0.6 is 0 Å². The molecule has 1 N–H and O–H groups in total. The summed E-state index contributed by atoms with van der Waals surface area (Å²) in [6, 6.07) is 3.59. The van der Waals surface area contributed by atoms with Gasteiger partial charge in [0.05, 0.1) is 24.9 Å². The first kappa shape index (κ1) is 15.6. The van der Waals surface area contributed by atoms with E-state index in [-0.39, 0.29) is 25.5 Å². The zero-order chi connectivity index (χ0) is 15.8. The Morgan fingerprint density at radius 3 is 2.95 bits per heavy atom. The number of carbonyl (C=O) groups is 1. The first-order valence-electron chi connectivity index (χ1n) is 6.84. The number of carbonyl (C=O) groups excluding carboxylic acids is 1. The van der Waals surface area contributed by atoms with E-state index in [2.05, 4.69) is 27.3 Å². The SMILES string of the molecule is Cc1noc(C)c1CC(=O)NCC#CCOc1cccnc1. The van der Waals surface area contributed by atoms with E-state index in [1.54, 1.807) is 31.5 Å². The van der Waals surface area contributed by atoms with Crippen molar-refractivity contribution in [1.82, 2.24) is 15.5 Å². The molecule has 0 atom stereocenters. The van der Waals surface area contributed by atoms with Gasteiger partial charge in [-0.3, -0.25) is 9.78 Å². The van der Waals surface area contributed by atoms with Crippen molar-refractivity contribution in [3.8, 4) is 17.6 Å². The Balaban J connectivity index is 1.68. The number of amides is 1. The van der Waals surface area contributed by atoms with Crippen LogP contribution in [-0.2, 0) is 11.2 Å². The third-order valence-corrected chi connectivity index (χ3v) is 2.96. The average molecular weight is 299 g/mol. The maximum atomic E-state index is 11.8. The number of nitrogens with one attached hydrogen (secondary N) is 1. The quantitative estimate of drug-likeness (QED) is 0.845. The van der Waals surface area contributed by atoms with Gasteiger partial charge in [0.2, 0.25) is 5.91 Å². The smallest absolute Gasteiger partial charge is 0.225 e. The summed E-state index contributed by atoms with van der Waals surface area (Å²) in [4.78, 5) is 15.7. The van der Waals surface area contributed by atoms with Crippen LogP contribution in [0.4, 0.5) is 0 Å². The molecule has 0 spiro atoms. The minimum atomic E-state index is -0.114. The van der Waals surface area contributed by atoms with Crippen molar-refractivity contribution >= 4 is 5.91 Å². The number of aryl methyl sites for hydroxylation is 2. The zero-order valence-electron chi connectivity index (χ0n) is 12.5. The Morgan fingerprint density at radius 1 is 1.41 bits per heavy atom. The number of nitrogens with zero attached hydrogens (tertiary/aromatic N) is 2. The minimum Gasteiger partial charge on any atom is -0.479 e. The summed E-state index contributed by atoms with van der Waals surface area (Å²) in [7, 11) is 0. The fraction of sp³-hybridized carbons (Fsp3) is 0.312. The number of rotatable bonds is 5. The Kier molecular flexibility index (Phi) is 5.55. The maximum Gasteiger partial charge on any atom is 0.225 e. The van der Waals surface area contributed by atoms with E-state index in [4.69, 9.17) is 9.26 Å². The largest absolute Gasteiger partial charge is 0.479 e. The zero-order valence-corrected chi connectivity index (χ0v) is 12.5. The van der Waals surface area contributed by atoms with Crippen molar-refractivity contribution in [3.05, 3.63) is 41.5 Å². The lowest BCUT2D eigenvalue weighted by Crippen LogP contribution is -2.25. The van der Waals surface area contributed by atoms with Gasteiger partial charge in [-0.15, -0.1) is 0 Å². The van der Waals surface area contributed by atoms with Crippen LogP contribution in [0.5, 0.6) is 5.75 Å².